The standard InChI is InChI=1S/C26H41N3O/c1-2-10-28-25(30)29(13-4-3-6-21-7-11-27-12-8-21)14-5-9-26-18-22-15-23(19-26)17-24(16-22)20-26/h7-8,11-12,22-24H,2-6,9-10,13-20H2,1H3,(H,28,30). The fourth-order valence-electron chi connectivity index (χ4n) is 7.08. The van der Waals surface area contributed by atoms with E-state index in [4.69, 9.17) is 0 Å². The van der Waals surface area contributed by atoms with Gasteiger partial charge in [0.15, 0.2) is 0 Å². The summed E-state index contributed by atoms with van der Waals surface area (Å²) in [7, 11) is 0. The average molecular weight is 412 g/mol. The van der Waals surface area contributed by atoms with Crippen molar-refractivity contribution < 1.29 is 4.79 Å². The summed E-state index contributed by atoms with van der Waals surface area (Å²) in [5.74, 6) is 3.06. The van der Waals surface area contributed by atoms with Crippen molar-refractivity contribution >= 4 is 6.03 Å². The zero-order valence-electron chi connectivity index (χ0n) is 19.0. The van der Waals surface area contributed by atoms with E-state index in [-0.39, 0.29) is 6.03 Å². The lowest BCUT2D eigenvalue weighted by molar-refractivity contribution is -0.0586. The number of unbranched alkanes of at least 4 members (excludes halogenated alkanes) is 1. The highest BCUT2D eigenvalue weighted by Gasteiger charge is 2.50. The molecule has 0 aliphatic heterocycles. The first kappa shape index (κ1) is 21.6. The molecular formula is C26H41N3O. The van der Waals surface area contributed by atoms with Crippen LogP contribution in [0.4, 0.5) is 4.79 Å². The molecule has 1 heterocycles. The fourth-order valence-corrected chi connectivity index (χ4v) is 7.08. The molecule has 1 N–H and O–H groups in total. The zero-order valence-corrected chi connectivity index (χ0v) is 19.0. The zero-order chi connectivity index (χ0) is 20.8. The molecule has 0 radical (unpaired) electrons. The first-order valence-corrected chi connectivity index (χ1v) is 12.6. The lowest BCUT2D eigenvalue weighted by atomic mass is 9.48. The van der Waals surface area contributed by atoms with Gasteiger partial charge in [-0.3, -0.25) is 4.98 Å². The van der Waals surface area contributed by atoms with Crippen molar-refractivity contribution in [1.82, 2.24) is 15.2 Å². The lowest BCUT2D eigenvalue weighted by Crippen LogP contribution is -2.46. The van der Waals surface area contributed by atoms with Crippen molar-refractivity contribution in [3.63, 3.8) is 0 Å². The highest BCUT2D eigenvalue weighted by Crippen LogP contribution is 2.61. The topological polar surface area (TPSA) is 45.2 Å². The Morgan fingerprint density at radius 1 is 1.03 bits per heavy atom. The molecule has 4 aliphatic carbocycles. The Labute approximate surface area is 183 Å². The molecule has 1 aromatic heterocycles. The summed E-state index contributed by atoms with van der Waals surface area (Å²) >= 11 is 0. The van der Waals surface area contributed by atoms with Gasteiger partial charge in [0.05, 0.1) is 0 Å². The van der Waals surface area contributed by atoms with Crippen LogP contribution in [-0.4, -0.2) is 35.5 Å². The van der Waals surface area contributed by atoms with E-state index in [1.54, 1.807) is 0 Å². The Morgan fingerprint density at radius 3 is 2.30 bits per heavy atom. The first-order valence-electron chi connectivity index (χ1n) is 12.6. The van der Waals surface area contributed by atoms with Crippen LogP contribution >= 0.6 is 0 Å². The number of carbonyl (C=O) groups is 1. The summed E-state index contributed by atoms with van der Waals surface area (Å²) in [5, 5.41) is 3.11. The van der Waals surface area contributed by atoms with Gasteiger partial charge in [-0.25, -0.2) is 4.79 Å². The van der Waals surface area contributed by atoms with Crippen molar-refractivity contribution in [2.24, 2.45) is 23.2 Å². The Morgan fingerprint density at radius 2 is 1.67 bits per heavy atom. The number of hydrogen-bond acceptors (Lipinski definition) is 2. The van der Waals surface area contributed by atoms with Crippen molar-refractivity contribution in [2.45, 2.75) is 84.0 Å². The molecule has 4 fully saturated rings. The highest BCUT2D eigenvalue weighted by atomic mass is 16.2. The third-order valence-electron chi connectivity index (χ3n) is 8.01. The second-order valence-electron chi connectivity index (χ2n) is 10.6. The fraction of sp³-hybridized carbons (Fsp3) is 0.769. The number of carbonyl (C=O) groups excluding carboxylic acids is 1. The molecule has 0 unspecified atom stereocenters. The van der Waals surface area contributed by atoms with Gasteiger partial charge in [0, 0.05) is 32.0 Å². The number of aryl methyl sites for hydroxylation is 1. The molecule has 4 saturated carbocycles. The molecule has 4 nitrogen and oxygen atoms in total. The van der Waals surface area contributed by atoms with Crippen LogP contribution in [0.1, 0.15) is 83.1 Å². The maximum atomic E-state index is 12.7. The Bertz CT molecular complexity index is 639. The molecule has 0 saturated heterocycles. The number of rotatable bonds is 11. The van der Waals surface area contributed by atoms with E-state index in [1.165, 1.54) is 56.9 Å². The molecule has 0 spiro atoms. The van der Waals surface area contributed by atoms with Crippen LogP contribution in [0.25, 0.3) is 0 Å². The maximum Gasteiger partial charge on any atom is 0.317 e. The molecule has 166 valence electrons. The predicted octanol–water partition coefficient (Wildman–Crippen LogP) is 5.82. The molecule has 4 heteroatoms. The number of nitrogens with zero attached hydrogens (tertiary/aromatic N) is 2. The predicted molar refractivity (Wildman–Crippen MR) is 122 cm³/mol. The summed E-state index contributed by atoms with van der Waals surface area (Å²) < 4.78 is 0. The van der Waals surface area contributed by atoms with Crippen LogP contribution in [0, 0.1) is 23.2 Å². The van der Waals surface area contributed by atoms with Gasteiger partial charge in [-0.15, -0.1) is 0 Å². The number of hydrogen-bond donors (Lipinski definition) is 1. The molecule has 2 amide bonds. The normalized spacial score (nSPS) is 29.2. The summed E-state index contributed by atoms with van der Waals surface area (Å²) in [4.78, 5) is 18.9. The van der Waals surface area contributed by atoms with Crippen molar-refractivity contribution in [2.75, 3.05) is 19.6 Å². The van der Waals surface area contributed by atoms with Crippen LogP contribution in [0.5, 0.6) is 0 Å². The molecule has 30 heavy (non-hydrogen) atoms. The smallest absolute Gasteiger partial charge is 0.317 e. The quantitative estimate of drug-likeness (QED) is 0.466. The van der Waals surface area contributed by atoms with E-state index in [2.05, 4.69) is 34.3 Å². The van der Waals surface area contributed by atoms with Crippen LogP contribution in [-0.2, 0) is 6.42 Å². The molecule has 4 aliphatic rings. The minimum atomic E-state index is 0.145. The van der Waals surface area contributed by atoms with Gasteiger partial charge in [0.25, 0.3) is 0 Å². The minimum absolute atomic E-state index is 0.145. The van der Waals surface area contributed by atoms with Gasteiger partial charge in [-0.1, -0.05) is 6.92 Å². The second-order valence-corrected chi connectivity index (χ2v) is 10.6. The van der Waals surface area contributed by atoms with E-state index >= 15 is 0 Å². The van der Waals surface area contributed by atoms with Crippen LogP contribution in [0.2, 0.25) is 0 Å². The number of amides is 2. The SMILES string of the molecule is CCCNC(=O)N(CCCCc1ccncc1)CCCC12CC3CC(CC(C3)C1)C2. The summed E-state index contributed by atoms with van der Waals surface area (Å²) in [5.41, 5.74) is 1.97. The Hall–Kier alpha value is -1.58. The van der Waals surface area contributed by atoms with Gasteiger partial charge in [0.2, 0.25) is 0 Å². The number of nitrogens with one attached hydrogen (secondary N) is 1. The Kier molecular flexibility index (Phi) is 7.32. The van der Waals surface area contributed by atoms with Gasteiger partial charge in [0.1, 0.15) is 0 Å². The van der Waals surface area contributed by atoms with Crippen molar-refractivity contribution in [3.8, 4) is 0 Å². The lowest BCUT2D eigenvalue weighted by Gasteiger charge is -2.57. The first-order chi connectivity index (χ1) is 14.7. The van der Waals surface area contributed by atoms with Crippen molar-refractivity contribution in [3.05, 3.63) is 30.1 Å². The van der Waals surface area contributed by atoms with E-state index in [0.29, 0.717) is 5.41 Å². The van der Waals surface area contributed by atoms with Crippen molar-refractivity contribution in [1.29, 1.82) is 0 Å². The Balaban J connectivity index is 1.24. The molecule has 5 rings (SSSR count). The maximum absolute atomic E-state index is 12.7. The van der Waals surface area contributed by atoms with E-state index < -0.39 is 0 Å². The van der Waals surface area contributed by atoms with Gasteiger partial charge in [-0.2, -0.15) is 0 Å². The summed E-state index contributed by atoms with van der Waals surface area (Å²) in [6.45, 7) is 4.70. The largest absolute Gasteiger partial charge is 0.338 e. The van der Waals surface area contributed by atoms with E-state index in [0.717, 1.165) is 63.1 Å². The highest BCUT2D eigenvalue weighted by molar-refractivity contribution is 5.74. The molecular weight excluding hydrogens is 370 g/mol. The number of aromatic nitrogens is 1. The molecule has 4 bridgehead atoms. The minimum Gasteiger partial charge on any atom is -0.338 e. The van der Waals surface area contributed by atoms with E-state index in [1.807, 2.05) is 12.4 Å². The van der Waals surface area contributed by atoms with Gasteiger partial charge >= 0.3 is 6.03 Å². The van der Waals surface area contributed by atoms with Crippen LogP contribution in [0.15, 0.2) is 24.5 Å². The van der Waals surface area contributed by atoms with Crippen LogP contribution < -0.4 is 5.32 Å². The third kappa shape index (κ3) is 5.56. The second kappa shape index (κ2) is 10.2. The number of pyridine rings is 1. The molecule has 0 atom stereocenters. The monoisotopic (exact) mass is 411 g/mol. The average Bonchev–Trinajstić information content (AvgIpc) is 2.73. The number of urea groups is 1. The summed E-state index contributed by atoms with van der Waals surface area (Å²) in [6, 6.07) is 4.33. The van der Waals surface area contributed by atoms with Crippen LogP contribution in [0.3, 0.4) is 0 Å². The van der Waals surface area contributed by atoms with Gasteiger partial charge in [-0.05, 0) is 118 Å². The van der Waals surface area contributed by atoms with E-state index in [9.17, 15) is 4.79 Å². The molecule has 1 aromatic rings. The molecule has 0 aromatic carbocycles. The van der Waals surface area contributed by atoms with Gasteiger partial charge < -0.3 is 10.2 Å². The third-order valence-corrected chi connectivity index (χ3v) is 8.01. The summed E-state index contributed by atoms with van der Waals surface area (Å²) in [6.07, 6.45) is 19.5.